The molecule has 0 spiro atoms. The third-order valence-electron chi connectivity index (χ3n) is 9.74. The number of Topliss-reactive ketones (excluding diaryl/α,β-unsaturated/α-hetero) is 1. The van der Waals surface area contributed by atoms with Crippen molar-refractivity contribution < 1.29 is 33.0 Å². The van der Waals surface area contributed by atoms with Crippen molar-refractivity contribution in [1.29, 1.82) is 0 Å². The zero-order valence-corrected chi connectivity index (χ0v) is 24.3. The van der Waals surface area contributed by atoms with Crippen LogP contribution in [0, 0.1) is 28.6 Å². The molecular formula is C28H35BrClFO6. The first kappa shape index (κ1) is 28.5. The predicted molar refractivity (Wildman–Crippen MR) is 140 cm³/mol. The average Bonchev–Trinajstić information content (AvgIpc) is 3.05. The highest BCUT2D eigenvalue weighted by atomic mass is 79.9. The van der Waals surface area contributed by atoms with E-state index in [1.807, 2.05) is 20.8 Å². The van der Waals surface area contributed by atoms with Gasteiger partial charge >= 0.3 is 11.9 Å². The molecule has 4 rings (SSSR count). The van der Waals surface area contributed by atoms with E-state index in [4.69, 9.17) is 21.1 Å². The number of alkyl halides is 3. The quantitative estimate of drug-likeness (QED) is 0.298. The van der Waals surface area contributed by atoms with E-state index < -0.39 is 68.5 Å². The minimum Gasteiger partial charge on any atom is -0.457 e. The van der Waals surface area contributed by atoms with Crippen molar-refractivity contribution in [3.8, 4) is 0 Å². The molecule has 3 fully saturated rings. The van der Waals surface area contributed by atoms with Crippen molar-refractivity contribution in [2.75, 3.05) is 6.61 Å². The number of hydrogen-bond donors (Lipinski definition) is 0. The van der Waals surface area contributed by atoms with Crippen LogP contribution in [0.2, 0.25) is 0 Å². The van der Waals surface area contributed by atoms with Crippen LogP contribution in [0.5, 0.6) is 0 Å². The van der Waals surface area contributed by atoms with Crippen molar-refractivity contribution in [2.45, 2.75) is 88.2 Å². The lowest BCUT2D eigenvalue weighted by atomic mass is 9.46. The van der Waals surface area contributed by atoms with Gasteiger partial charge in [0.05, 0.1) is 4.32 Å². The highest BCUT2D eigenvalue weighted by molar-refractivity contribution is 9.10. The van der Waals surface area contributed by atoms with Gasteiger partial charge in [0.1, 0.15) is 6.17 Å². The molecule has 0 aromatic rings. The molecule has 4 aliphatic carbocycles. The Balaban J connectivity index is 1.84. The second kappa shape index (κ2) is 9.58. The van der Waals surface area contributed by atoms with Gasteiger partial charge in [0, 0.05) is 35.0 Å². The molecule has 0 aliphatic heterocycles. The molecule has 0 saturated heterocycles. The highest BCUT2D eigenvalue weighted by Gasteiger charge is 2.77. The molecule has 204 valence electrons. The number of rotatable bonds is 6. The minimum atomic E-state index is -1.66. The average molecular weight is 602 g/mol. The summed E-state index contributed by atoms with van der Waals surface area (Å²) in [5.41, 5.74) is -2.76. The zero-order valence-electron chi connectivity index (χ0n) is 21.9. The molecule has 0 unspecified atom stereocenters. The van der Waals surface area contributed by atoms with Gasteiger partial charge < -0.3 is 9.47 Å². The smallest absolute Gasteiger partial charge is 0.306 e. The normalized spacial score (nSPS) is 44.3. The Morgan fingerprint density at radius 1 is 1.19 bits per heavy atom. The van der Waals surface area contributed by atoms with Crippen LogP contribution in [-0.4, -0.2) is 51.6 Å². The van der Waals surface area contributed by atoms with Crippen LogP contribution in [0.15, 0.2) is 23.8 Å². The molecule has 0 heterocycles. The molecule has 6 nitrogen and oxygen atoms in total. The van der Waals surface area contributed by atoms with Gasteiger partial charge in [0.15, 0.2) is 18.0 Å². The van der Waals surface area contributed by atoms with E-state index in [-0.39, 0.29) is 31.0 Å². The van der Waals surface area contributed by atoms with Crippen LogP contribution in [0.25, 0.3) is 0 Å². The molecule has 3 saturated carbocycles. The number of ketones is 2. The standard InChI is InChI=1S/C28H35BrClFO6/c1-6-22(34)36-14-21(33)28(37-23(35)7-2)15(3)10-18-24-19(30)12-16-11-17(32)8-9-25(16,4)27(24,29)20(31)13-26(18,28)5/h8-9,11,15,18-20,24H,6-7,10,12-14H2,1-5H3/t15-,18+,19-,20+,24-,25+,26+,27-,28-/m1/s1. The SMILES string of the molecule is CCC(=O)OCC(=O)[C@]1(OC(=O)CC)[C@H](C)C[C@H]2[C@@H]3[C@H](Cl)CC4=CC(=O)C=C[C@]4(C)[C@@]3(Br)[C@@H](F)C[C@@]21C. The van der Waals surface area contributed by atoms with Crippen molar-refractivity contribution in [1.82, 2.24) is 0 Å². The molecule has 0 N–H and O–H groups in total. The van der Waals surface area contributed by atoms with Crippen LogP contribution in [0.4, 0.5) is 4.39 Å². The van der Waals surface area contributed by atoms with Crippen LogP contribution < -0.4 is 0 Å². The first-order valence-electron chi connectivity index (χ1n) is 13.0. The first-order valence-corrected chi connectivity index (χ1v) is 14.3. The fraction of sp³-hybridized carbons (Fsp3) is 0.714. The summed E-state index contributed by atoms with van der Waals surface area (Å²) < 4.78 is 26.9. The zero-order chi connectivity index (χ0) is 27.6. The Bertz CT molecular complexity index is 1090. The summed E-state index contributed by atoms with van der Waals surface area (Å²) in [4.78, 5) is 50.7. The van der Waals surface area contributed by atoms with E-state index in [0.717, 1.165) is 5.57 Å². The molecule has 9 atom stereocenters. The minimum absolute atomic E-state index is 0.0469. The molecule has 4 aliphatic rings. The first-order chi connectivity index (χ1) is 17.2. The molecule has 0 radical (unpaired) electrons. The van der Waals surface area contributed by atoms with E-state index in [1.165, 1.54) is 6.08 Å². The molecule has 0 aromatic heterocycles. The summed E-state index contributed by atoms with van der Waals surface area (Å²) >= 11 is 10.9. The van der Waals surface area contributed by atoms with Crippen molar-refractivity contribution in [2.24, 2.45) is 28.6 Å². The summed E-state index contributed by atoms with van der Waals surface area (Å²) in [6.45, 7) is 8.31. The van der Waals surface area contributed by atoms with Gasteiger partial charge in [0.2, 0.25) is 5.78 Å². The van der Waals surface area contributed by atoms with Crippen molar-refractivity contribution in [3.63, 3.8) is 0 Å². The van der Waals surface area contributed by atoms with Gasteiger partial charge in [-0.05, 0) is 43.3 Å². The van der Waals surface area contributed by atoms with Gasteiger partial charge in [-0.25, -0.2) is 4.39 Å². The number of esters is 2. The fourth-order valence-corrected chi connectivity index (χ4v) is 9.76. The number of carbonyl (C=O) groups excluding carboxylic acids is 4. The van der Waals surface area contributed by atoms with E-state index in [2.05, 4.69) is 15.9 Å². The van der Waals surface area contributed by atoms with Gasteiger partial charge in [0.25, 0.3) is 0 Å². The summed E-state index contributed by atoms with van der Waals surface area (Å²) in [6, 6.07) is 0. The largest absolute Gasteiger partial charge is 0.457 e. The van der Waals surface area contributed by atoms with Crippen LogP contribution in [-0.2, 0) is 28.7 Å². The number of allylic oxidation sites excluding steroid dienone is 4. The monoisotopic (exact) mass is 600 g/mol. The van der Waals surface area contributed by atoms with E-state index >= 15 is 4.39 Å². The van der Waals surface area contributed by atoms with E-state index in [0.29, 0.717) is 12.8 Å². The molecule has 9 heteroatoms. The fourth-order valence-electron chi connectivity index (χ4n) is 7.88. The summed E-state index contributed by atoms with van der Waals surface area (Å²) in [6.07, 6.45) is 4.30. The lowest BCUT2D eigenvalue weighted by Gasteiger charge is -2.64. The maximum absolute atomic E-state index is 16.8. The Morgan fingerprint density at radius 3 is 2.46 bits per heavy atom. The number of hydrogen-bond acceptors (Lipinski definition) is 6. The Kier molecular flexibility index (Phi) is 7.37. The summed E-state index contributed by atoms with van der Waals surface area (Å²) in [7, 11) is 0. The highest BCUT2D eigenvalue weighted by Crippen LogP contribution is 2.73. The Labute approximate surface area is 230 Å². The van der Waals surface area contributed by atoms with Gasteiger partial charge in [-0.15, -0.1) is 11.6 Å². The summed E-state index contributed by atoms with van der Waals surface area (Å²) in [5, 5.41) is -0.515. The number of fused-ring (bicyclic) bond motifs is 5. The second-order valence-corrected chi connectivity index (χ2v) is 13.3. The Hall–Kier alpha value is -1.54. The third-order valence-corrected chi connectivity index (χ3v) is 12.0. The lowest BCUT2D eigenvalue weighted by Crippen LogP contribution is -2.70. The predicted octanol–water partition coefficient (Wildman–Crippen LogP) is 5.44. The van der Waals surface area contributed by atoms with Crippen molar-refractivity contribution >= 4 is 51.0 Å². The van der Waals surface area contributed by atoms with Gasteiger partial charge in [-0.2, -0.15) is 0 Å². The lowest BCUT2D eigenvalue weighted by molar-refractivity contribution is -0.199. The number of carbonyl (C=O) groups is 4. The second-order valence-electron chi connectivity index (χ2n) is 11.5. The molecule has 37 heavy (non-hydrogen) atoms. The number of ether oxygens (including phenoxy) is 2. The summed E-state index contributed by atoms with van der Waals surface area (Å²) in [5.74, 6) is -2.94. The van der Waals surface area contributed by atoms with Gasteiger partial charge in [-0.1, -0.05) is 62.2 Å². The van der Waals surface area contributed by atoms with Crippen LogP contribution in [0.1, 0.15) is 66.7 Å². The number of halogens is 3. The van der Waals surface area contributed by atoms with E-state index in [9.17, 15) is 19.2 Å². The third kappa shape index (κ3) is 3.82. The van der Waals surface area contributed by atoms with Crippen LogP contribution in [0.3, 0.4) is 0 Å². The maximum Gasteiger partial charge on any atom is 0.306 e. The van der Waals surface area contributed by atoms with E-state index in [1.54, 1.807) is 26.0 Å². The topological polar surface area (TPSA) is 86.7 Å². The molecular weight excluding hydrogens is 567 g/mol. The molecule has 0 amide bonds. The molecule has 0 aromatic carbocycles. The Morgan fingerprint density at radius 2 is 1.84 bits per heavy atom. The van der Waals surface area contributed by atoms with Gasteiger partial charge in [-0.3, -0.25) is 19.2 Å². The molecule has 0 bridgehead atoms. The maximum atomic E-state index is 16.8. The van der Waals surface area contributed by atoms with Crippen LogP contribution >= 0.6 is 27.5 Å². The van der Waals surface area contributed by atoms with Crippen molar-refractivity contribution in [3.05, 3.63) is 23.8 Å².